The SMILES string of the molecule is CCCC[O-].CCCC[O-].CCCC[O-].[CH2-]CCC.[Zr+4]. The molecule has 0 fully saturated rings. The van der Waals surface area contributed by atoms with Crippen LogP contribution in [0.2, 0.25) is 0 Å². The van der Waals surface area contributed by atoms with Gasteiger partial charge in [-0.25, -0.2) is 0 Å². The van der Waals surface area contributed by atoms with Crippen molar-refractivity contribution in [2.24, 2.45) is 0 Å². The molecule has 0 aliphatic carbocycles. The van der Waals surface area contributed by atoms with E-state index < -0.39 is 0 Å². The molecule has 0 aliphatic heterocycles. The van der Waals surface area contributed by atoms with Gasteiger partial charge in [0.05, 0.1) is 0 Å². The molecule has 0 rings (SSSR count). The van der Waals surface area contributed by atoms with Crippen LogP contribution in [-0.4, -0.2) is 19.8 Å². The van der Waals surface area contributed by atoms with E-state index in [4.69, 9.17) is 0 Å². The van der Waals surface area contributed by atoms with Gasteiger partial charge in [0.2, 0.25) is 0 Å². The second-order valence-electron chi connectivity index (χ2n) is 4.03. The minimum Gasteiger partial charge on any atom is -0.854 e. The molecule has 0 spiro atoms. The van der Waals surface area contributed by atoms with Crippen molar-refractivity contribution in [3.63, 3.8) is 0 Å². The number of rotatable bonds is 7. The van der Waals surface area contributed by atoms with E-state index in [1.54, 1.807) is 0 Å². The first-order chi connectivity index (χ1) is 9.16. The van der Waals surface area contributed by atoms with E-state index >= 15 is 0 Å². The van der Waals surface area contributed by atoms with Crippen molar-refractivity contribution in [3.05, 3.63) is 6.92 Å². The van der Waals surface area contributed by atoms with E-state index in [0.717, 1.165) is 44.9 Å². The summed E-state index contributed by atoms with van der Waals surface area (Å²) in [6.45, 7) is 12.0. The normalized spacial score (nSPS) is 7.80. The number of hydrogen-bond donors (Lipinski definition) is 0. The first-order valence-corrected chi connectivity index (χ1v) is 7.69. The van der Waals surface area contributed by atoms with E-state index in [1.807, 2.05) is 20.8 Å². The fourth-order valence-electron chi connectivity index (χ4n) is 0.433. The third kappa shape index (κ3) is 98.2. The molecular weight excluding hydrogens is 331 g/mol. The molecule has 122 valence electrons. The van der Waals surface area contributed by atoms with Crippen molar-refractivity contribution < 1.29 is 41.5 Å². The summed E-state index contributed by atoms with van der Waals surface area (Å²) in [5.74, 6) is 0. The third-order valence-electron chi connectivity index (χ3n) is 1.85. The maximum Gasteiger partial charge on any atom is 4.00 e. The number of unbranched alkanes of at least 4 members (excludes halogenated alkanes) is 4. The van der Waals surface area contributed by atoms with Gasteiger partial charge in [-0.1, -0.05) is 72.6 Å². The number of hydrogen-bond acceptors (Lipinski definition) is 3. The molecule has 0 saturated heterocycles. The molecule has 20 heavy (non-hydrogen) atoms. The Morgan fingerprint density at radius 2 is 0.800 bits per heavy atom. The summed E-state index contributed by atoms with van der Waals surface area (Å²) in [6, 6.07) is 0. The maximum absolute atomic E-state index is 9.53. The largest absolute Gasteiger partial charge is 4.00 e. The smallest absolute Gasteiger partial charge is 0.854 e. The van der Waals surface area contributed by atoms with Gasteiger partial charge in [0, 0.05) is 0 Å². The van der Waals surface area contributed by atoms with Crippen LogP contribution in [0.15, 0.2) is 0 Å². The van der Waals surface area contributed by atoms with Gasteiger partial charge < -0.3 is 22.2 Å². The Labute approximate surface area is 147 Å². The minimum atomic E-state index is 0. The zero-order chi connectivity index (χ0) is 15.8. The molecule has 0 saturated carbocycles. The van der Waals surface area contributed by atoms with Gasteiger partial charge in [-0.2, -0.15) is 6.42 Å². The summed E-state index contributed by atoms with van der Waals surface area (Å²) in [7, 11) is 0. The van der Waals surface area contributed by atoms with Crippen LogP contribution >= 0.6 is 0 Å². The van der Waals surface area contributed by atoms with Crippen LogP contribution in [0.5, 0.6) is 0 Å². The van der Waals surface area contributed by atoms with Gasteiger partial charge in [0.25, 0.3) is 0 Å². The zero-order valence-electron chi connectivity index (χ0n) is 14.2. The van der Waals surface area contributed by atoms with Crippen molar-refractivity contribution in [2.45, 2.75) is 79.1 Å². The van der Waals surface area contributed by atoms with Gasteiger partial charge in [0.15, 0.2) is 0 Å². The molecule has 0 aliphatic rings. The van der Waals surface area contributed by atoms with Gasteiger partial charge in [-0.15, -0.1) is 19.8 Å². The van der Waals surface area contributed by atoms with Crippen molar-refractivity contribution in [1.82, 2.24) is 0 Å². The molecule has 3 nitrogen and oxygen atoms in total. The van der Waals surface area contributed by atoms with Crippen LogP contribution in [-0.2, 0) is 26.2 Å². The zero-order valence-corrected chi connectivity index (χ0v) is 16.7. The first-order valence-electron chi connectivity index (χ1n) is 7.69. The monoisotopic (exact) mass is 366 g/mol. The second-order valence-corrected chi connectivity index (χ2v) is 4.03. The first kappa shape index (κ1) is 32.6. The molecule has 0 amide bonds. The molecule has 0 aromatic carbocycles. The van der Waals surface area contributed by atoms with Crippen LogP contribution in [0.1, 0.15) is 79.1 Å². The predicted molar refractivity (Wildman–Crippen MR) is 79.6 cm³/mol. The Balaban J connectivity index is -0.0000000494. The van der Waals surface area contributed by atoms with Crippen molar-refractivity contribution >= 4 is 0 Å². The summed E-state index contributed by atoms with van der Waals surface area (Å²) >= 11 is 0. The summed E-state index contributed by atoms with van der Waals surface area (Å²) in [5.41, 5.74) is 0. The summed E-state index contributed by atoms with van der Waals surface area (Å²) in [4.78, 5) is 0. The molecule has 0 aromatic rings. The molecule has 0 aromatic heterocycles. The van der Waals surface area contributed by atoms with Gasteiger partial charge in [-0.05, 0) is 0 Å². The Morgan fingerprint density at radius 1 is 0.600 bits per heavy atom. The topological polar surface area (TPSA) is 69.2 Å². The molecule has 0 heterocycles. The maximum atomic E-state index is 9.53. The van der Waals surface area contributed by atoms with Crippen LogP contribution < -0.4 is 15.3 Å². The van der Waals surface area contributed by atoms with Crippen LogP contribution in [0.3, 0.4) is 0 Å². The Bertz CT molecular complexity index is 71.5. The third-order valence-corrected chi connectivity index (χ3v) is 1.85. The van der Waals surface area contributed by atoms with E-state index in [0.29, 0.717) is 0 Å². The van der Waals surface area contributed by atoms with Crippen LogP contribution in [0.25, 0.3) is 0 Å². The molecule has 0 N–H and O–H groups in total. The molecule has 0 unspecified atom stereocenters. The summed E-state index contributed by atoms with van der Waals surface area (Å²) < 4.78 is 0. The molecule has 0 radical (unpaired) electrons. The predicted octanol–water partition coefficient (Wildman–Crippen LogP) is 2.06. The van der Waals surface area contributed by atoms with Crippen LogP contribution in [0, 0.1) is 6.92 Å². The van der Waals surface area contributed by atoms with Gasteiger partial charge >= 0.3 is 26.2 Å². The quantitative estimate of drug-likeness (QED) is 0.647. The summed E-state index contributed by atoms with van der Waals surface area (Å²) in [5, 5.41) is 28.6. The average molecular weight is 368 g/mol. The molecule has 0 bridgehead atoms. The van der Waals surface area contributed by atoms with E-state index in [2.05, 4.69) is 13.8 Å². The van der Waals surface area contributed by atoms with E-state index in [-0.39, 0.29) is 46.0 Å². The Hall–Kier alpha value is 0.763. The van der Waals surface area contributed by atoms with Gasteiger partial charge in [0.1, 0.15) is 0 Å². The van der Waals surface area contributed by atoms with E-state index in [9.17, 15) is 15.3 Å². The van der Waals surface area contributed by atoms with Crippen molar-refractivity contribution in [1.29, 1.82) is 0 Å². The average Bonchev–Trinajstić information content (AvgIpc) is 2.43. The van der Waals surface area contributed by atoms with Crippen molar-refractivity contribution in [2.75, 3.05) is 19.8 Å². The Morgan fingerprint density at radius 3 is 0.800 bits per heavy atom. The standard InChI is InChI=1S/3C4H9O.C4H9.Zr/c3*1-2-3-4-5;1-3-4-2;/h3*2-4H2,1H3;1,3-4H2,2H3;/q4*-1;+4. The molecule has 4 heteroatoms. The molecular formula is C16H36O3Zr. The van der Waals surface area contributed by atoms with Crippen molar-refractivity contribution in [3.8, 4) is 0 Å². The minimum absolute atomic E-state index is 0. The Kier molecular flexibility index (Phi) is 82.1. The van der Waals surface area contributed by atoms with Gasteiger partial charge in [-0.3, -0.25) is 0 Å². The summed E-state index contributed by atoms with van der Waals surface area (Å²) in [6.07, 6.45) is 7.87. The second kappa shape index (κ2) is 50.3. The fourth-order valence-corrected chi connectivity index (χ4v) is 0.433. The molecule has 0 atom stereocenters. The van der Waals surface area contributed by atoms with E-state index in [1.165, 1.54) is 6.42 Å². The van der Waals surface area contributed by atoms with Crippen LogP contribution in [0.4, 0.5) is 0 Å². The fraction of sp³-hybridized carbons (Fsp3) is 0.938.